The summed E-state index contributed by atoms with van der Waals surface area (Å²) in [5.41, 5.74) is 12.6. The molecule has 11 aromatic rings. The summed E-state index contributed by atoms with van der Waals surface area (Å²) < 4.78 is 13.1. The molecule has 0 radical (unpaired) electrons. The fourth-order valence-corrected chi connectivity index (χ4v) is 7.90. The molecule has 0 saturated carbocycles. The maximum absolute atomic E-state index is 6.67. The van der Waals surface area contributed by atoms with Gasteiger partial charge < -0.3 is 8.83 Å². The van der Waals surface area contributed by atoms with Crippen molar-refractivity contribution in [3.8, 4) is 67.5 Å². The summed E-state index contributed by atoms with van der Waals surface area (Å²) in [5, 5.41) is 4.36. The highest BCUT2D eigenvalue weighted by Crippen LogP contribution is 2.42. The molecule has 0 spiro atoms. The van der Waals surface area contributed by atoms with Crippen LogP contribution in [-0.2, 0) is 0 Å². The molecule has 8 aromatic carbocycles. The van der Waals surface area contributed by atoms with Crippen molar-refractivity contribution in [3.05, 3.63) is 188 Å². The summed E-state index contributed by atoms with van der Waals surface area (Å²) in [6, 6.07) is 64.5. The first kappa shape index (κ1) is 31.9. The molecule has 0 N–H and O–H groups in total. The number of rotatable bonds is 6. The van der Waals surface area contributed by atoms with Crippen LogP contribution in [0.1, 0.15) is 0 Å². The molecule has 3 aromatic heterocycles. The first-order valence-corrected chi connectivity index (χ1v) is 18.7. The third-order valence-corrected chi connectivity index (χ3v) is 10.6. The van der Waals surface area contributed by atoms with Gasteiger partial charge in [0, 0.05) is 43.8 Å². The maximum Gasteiger partial charge on any atom is 0.164 e. The van der Waals surface area contributed by atoms with Gasteiger partial charge in [0.1, 0.15) is 22.3 Å². The molecule has 5 heteroatoms. The van der Waals surface area contributed by atoms with Gasteiger partial charge in [-0.05, 0) is 58.1 Å². The maximum atomic E-state index is 6.67. The number of hydrogen-bond donors (Lipinski definition) is 0. The first-order chi connectivity index (χ1) is 27.7. The number of furan rings is 2. The van der Waals surface area contributed by atoms with Crippen LogP contribution in [0.2, 0.25) is 0 Å². The van der Waals surface area contributed by atoms with E-state index in [4.69, 9.17) is 23.8 Å². The van der Waals surface area contributed by atoms with Crippen molar-refractivity contribution in [3.63, 3.8) is 0 Å². The lowest BCUT2D eigenvalue weighted by Crippen LogP contribution is -2.01. The summed E-state index contributed by atoms with van der Waals surface area (Å²) >= 11 is 0. The Morgan fingerprint density at radius 3 is 1.38 bits per heavy atom. The Hall–Kier alpha value is -7.63. The summed E-state index contributed by atoms with van der Waals surface area (Å²) in [6.07, 6.45) is 0. The highest BCUT2D eigenvalue weighted by molar-refractivity contribution is 6.11. The molecule has 0 bridgehead atoms. The number of nitrogens with zero attached hydrogens (tertiary/aromatic N) is 3. The molecule has 11 rings (SSSR count). The molecule has 0 fully saturated rings. The molecule has 3 heterocycles. The van der Waals surface area contributed by atoms with Crippen LogP contribution in [0.3, 0.4) is 0 Å². The number of benzene rings is 8. The van der Waals surface area contributed by atoms with Crippen LogP contribution >= 0.6 is 0 Å². The fourth-order valence-electron chi connectivity index (χ4n) is 7.90. The van der Waals surface area contributed by atoms with Crippen LogP contribution in [0.4, 0.5) is 0 Å². The molecular formula is C51H31N3O2. The normalized spacial score (nSPS) is 11.6. The predicted molar refractivity (Wildman–Crippen MR) is 227 cm³/mol. The second-order valence-electron chi connectivity index (χ2n) is 13.9. The minimum Gasteiger partial charge on any atom is -0.456 e. The summed E-state index contributed by atoms with van der Waals surface area (Å²) in [5.74, 6) is 1.87. The average molecular weight is 718 g/mol. The molecule has 262 valence electrons. The molecule has 0 amide bonds. The molecule has 0 atom stereocenters. The summed E-state index contributed by atoms with van der Waals surface area (Å²) in [6.45, 7) is 0. The van der Waals surface area contributed by atoms with Crippen molar-refractivity contribution in [2.75, 3.05) is 0 Å². The minimum atomic E-state index is 0.611. The molecule has 0 unspecified atom stereocenters. The van der Waals surface area contributed by atoms with Gasteiger partial charge in [-0.3, -0.25) is 0 Å². The molecule has 0 aliphatic carbocycles. The second kappa shape index (κ2) is 13.0. The van der Waals surface area contributed by atoms with E-state index in [0.29, 0.717) is 17.5 Å². The van der Waals surface area contributed by atoms with Crippen LogP contribution in [0, 0.1) is 0 Å². The molecule has 0 aliphatic heterocycles. The number of fused-ring (bicyclic) bond motifs is 6. The lowest BCUT2D eigenvalue weighted by molar-refractivity contribution is 0.669. The van der Waals surface area contributed by atoms with Gasteiger partial charge in [-0.15, -0.1) is 0 Å². The number of para-hydroxylation sites is 2. The smallest absolute Gasteiger partial charge is 0.164 e. The SMILES string of the molecule is c1ccc(-c2nc(-c3ccccc3)nc(-c3ccccc3-c3ccc4c(c3)oc3cc(-c5ccccc5-c5cccc6c5oc5ccccc56)ccc34)n2)cc1. The average Bonchev–Trinajstić information content (AvgIpc) is 3.84. The monoisotopic (exact) mass is 717 g/mol. The van der Waals surface area contributed by atoms with Crippen LogP contribution in [-0.4, -0.2) is 15.0 Å². The van der Waals surface area contributed by atoms with E-state index in [0.717, 1.165) is 93.9 Å². The Labute approximate surface area is 322 Å². The van der Waals surface area contributed by atoms with E-state index < -0.39 is 0 Å². The van der Waals surface area contributed by atoms with E-state index in [1.54, 1.807) is 0 Å². The van der Waals surface area contributed by atoms with Gasteiger partial charge in [0.25, 0.3) is 0 Å². The Morgan fingerprint density at radius 2 is 0.732 bits per heavy atom. The van der Waals surface area contributed by atoms with Gasteiger partial charge in [0.15, 0.2) is 17.5 Å². The first-order valence-electron chi connectivity index (χ1n) is 18.7. The summed E-state index contributed by atoms with van der Waals surface area (Å²) in [7, 11) is 0. The Bertz CT molecular complexity index is 3200. The van der Waals surface area contributed by atoms with Crippen molar-refractivity contribution in [1.29, 1.82) is 0 Å². The van der Waals surface area contributed by atoms with E-state index in [-0.39, 0.29) is 0 Å². The van der Waals surface area contributed by atoms with E-state index in [1.165, 1.54) is 0 Å². The summed E-state index contributed by atoms with van der Waals surface area (Å²) in [4.78, 5) is 15.0. The highest BCUT2D eigenvalue weighted by Gasteiger charge is 2.19. The zero-order valence-corrected chi connectivity index (χ0v) is 30.1. The predicted octanol–water partition coefficient (Wildman–Crippen LogP) is 13.7. The van der Waals surface area contributed by atoms with E-state index in [9.17, 15) is 0 Å². The second-order valence-corrected chi connectivity index (χ2v) is 13.9. The Morgan fingerprint density at radius 1 is 0.268 bits per heavy atom. The van der Waals surface area contributed by atoms with Crippen molar-refractivity contribution < 1.29 is 8.83 Å². The van der Waals surface area contributed by atoms with Gasteiger partial charge in [0.05, 0.1) is 0 Å². The van der Waals surface area contributed by atoms with E-state index in [2.05, 4.69) is 109 Å². The Balaban J connectivity index is 1.01. The van der Waals surface area contributed by atoms with Gasteiger partial charge in [-0.2, -0.15) is 0 Å². The molecule has 0 aliphatic rings. The standard InChI is InChI=1S/C51H31N3O2/c1-3-14-32(15-4-1)49-52-50(33-16-5-2-6-17-33)54-51(53-49)44-22-10-8-19-37(44)35-27-29-41-40-28-26-34(30-46(40)55-47(41)31-35)36-18-7-9-20-38(36)42-23-13-24-43-39-21-11-12-25-45(39)56-48(42)43/h1-31H. The fraction of sp³-hybridized carbons (Fsp3) is 0. The van der Waals surface area contributed by atoms with Crippen LogP contribution in [0.15, 0.2) is 197 Å². The molecule has 5 nitrogen and oxygen atoms in total. The van der Waals surface area contributed by atoms with Crippen molar-refractivity contribution in [2.24, 2.45) is 0 Å². The van der Waals surface area contributed by atoms with Crippen molar-refractivity contribution in [2.45, 2.75) is 0 Å². The lowest BCUT2D eigenvalue weighted by atomic mass is 9.93. The minimum absolute atomic E-state index is 0.611. The van der Waals surface area contributed by atoms with Crippen LogP contribution < -0.4 is 0 Å². The third-order valence-electron chi connectivity index (χ3n) is 10.6. The number of hydrogen-bond acceptors (Lipinski definition) is 5. The van der Waals surface area contributed by atoms with E-state index in [1.807, 2.05) is 78.9 Å². The third kappa shape index (κ3) is 5.37. The Kier molecular flexibility index (Phi) is 7.42. The highest BCUT2D eigenvalue weighted by atomic mass is 16.3. The molecule has 0 saturated heterocycles. The van der Waals surface area contributed by atoms with Gasteiger partial charge in [0.2, 0.25) is 0 Å². The van der Waals surface area contributed by atoms with E-state index >= 15 is 0 Å². The van der Waals surface area contributed by atoms with Crippen LogP contribution in [0.25, 0.3) is 111 Å². The van der Waals surface area contributed by atoms with Crippen molar-refractivity contribution in [1.82, 2.24) is 15.0 Å². The topological polar surface area (TPSA) is 65.0 Å². The van der Waals surface area contributed by atoms with Gasteiger partial charge in [-0.1, -0.05) is 158 Å². The van der Waals surface area contributed by atoms with Crippen molar-refractivity contribution >= 4 is 43.9 Å². The zero-order valence-electron chi connectivity index (χ0n) is 30.1. The quantitative estimate of drug-likeness (QED) is 0.171. The largest absolute Gasteiger partial charge is 0.456 e. The van der Waals surface area contributed by atoms with Gasteiger partial charge in [-0.25, -0.2) is 15.0 Å². The lowest BCUT2D eigenvalue weighted by Gasteiger charge is -2.12. The number of aromatic nitrogens is 3. The molecule has 56 heavy (non-hydrogen) atoms. The zero-order chi connectivity index (χ0) is 37.0. The van der Waals surface area contributed by atoms with Crippen LogP contribution in [0.5, 0.6) is 0 Å². The van der Waals surface area contributed by atoms with Gasteiger partial charge >= 0.3 is 0 Å². The molecular weight excluding hydrogens is 687 g/mol.